The molecule has 7 heteroatoms. The average Bonchev–Trinajstić information content (AvgIpc) is 3.10. The summed E-state index contributed by atoms with van der Waals surface area (Å²) in [5.41, 5.74) is 1.68. The second-order valence-corrected chi connectivity index (χ2v) is 9.16. The first-order valence-corrected chi connectivity index (χ1v) is 10.9. The van der Waals surface area contributed by atoms with Crippen molar-refractivity contribution in [2.24, 2.45) is 5.92 Å². The number of likely N-dealkylation sites (tertiary alicyclic amines) is 1. The van der Waals surface area contributed by atoms with Gasteiger partial charge in [0, 0.05) is 13.1 Å². The summed E-state index contributed by atoms with van der Waals surface area (Å²) in [6.45, 7) is 4.94. The molecule has 0 bridgehead atoms. The Balaban J connectivity index is 1.49. The van der Waals surface area contributed by atoms with Crippen molar-refractivity contribution in [3.8, 4) is 0 Å². The van der Waals surface area contributed by atoms with Crippen LogP contribution in [0, 0.1) is 18.7 Å². The molecule has 25 heavy (non-hydrogen) atoms. The van der Waals surface area contributed by atoms with Gasteiger partial charge in [-0.25, -0.2) is 17.5 Å². The summed E-state index contributed by atoms with van der Waals surface area (Å²) in [5, 5.41) is 4.26. The third kappa shape index (κ3) is 4.88. The van der Waals surface area contributed by atoms with Crippen LogP contribution in [0.1, 0.15) is 24.0 Å². The first kappa shape index (κ1) is 18.5. The number of rotatable bonds is 6. The molecule has 1 N–H and O–H groups in total. The van der Waals surface area contributed by atoms with E-state index in [1.165, 1.54) is 23.8 Å². The van der Waals surface area contributed by atoms with Gasteiger partial charge in [-0.2, -0.15) is 11.3 Å². The van der Waals surface area contributed by atoms with Gasteiger partial charge < -0.3 is 0 Å². The van der Waals surface area contributed by atoms with Gasteiger partial charge in [0.25, 0.3) is 0 Å². The molecule has 2 aromatic rings. The Morgan fingerprint density at radius 1 is 1.28 bits per heavy atom. The van der Waals surface area contributed by atoms with E-state index < -0.39 is 15.8 Å². The molecule has 0 unspecified atom stereocenters. The monoisotopic (exact) mass is 382 g/mol. The van der Waals surface area contributed by atoms with Crippen molar-refractivity contribution >= 4 is 21.4 Å². The number of nitrogens with one attached hydrogen (secondary N) is 1. The SMILES string of the molecule is Cc1cc(S(=O)(=O)NCC2CCN(Cc3ccsc3)CC2)ccc1F. The highest BCUT2D eigenvalue weighted by Crippen LogP contribution is 2.20. The minimum absolute atomic E-state index is 0.126. The topological polar surface area (TPSA) is 49.4 Å². The summed E-state index contributed by atoms with van der Waals surface area (Å²) < 4.78 is 40.7. The van der Waals surface area contributed by atoms with Crippen LogP contribution in [0.4, 0.5) is 4.39 Å². The Morgan fingerprint density at radius 2 is 2.04 bits per heavy atom. The lowest BCUT2D eigenvalue weighted by Gasteiger charge is -2.31. The fourth-order valence-electron chi connectivity index (χ4n) is 3.08. The molecule has 0 amide bonds. The highest BCUT2D eigenvalue weighted by molar-refractivity contribution is 7.89. The summed E-state index contributed by atoms with van der Waals surface area (Å²) in [7, 11) is -3.58. The van der Waals surface area contributed by atoms with E-state index in [9.17, 15) is 12.8 Å². The van der Waals surface area contributed by atoms with Crippen molar-refractivity contribution < 1.29 is 12.8 Å². The van der Waals surface area contributed by atoms with E-state index in [4.69, 9.17) is 0 Å². The summed E-state index contributed by atoms with van der Waals surface area (Å²) in [5.74, 6) is -0.0491. The van der Waals surface area contributed by atoms with Gasteiger partial charge in [0.15, 0.2) is 0 Å². The van der Waals surface area contributed by atoms with Gasteiger partial charge in [-0.15, -0.1) is 0 Å². The van der Waals surface area contributed by atoms with E-state index in [0.29, 0.717) is 18.0 Å². The smallest absolute Gasteiger partial charge is 0.240 e. The molecule has 0 aliphatic carbocycles. The van der Waals surface area contributed by atoms with Crippen LogP contribution in [-0.4, -0.2) is 33.0 Å². The predicted octanol–water partition coefficient (Wildman–Crippen LogP) is 3.39. The van der Waals surface area contributed by atoms with Crippen LogP contribution in [0.5, 0.6) is 0 Å². The zero-order valence-electron chi connectivity index (χ0n) is 14.2. The number of thiophene rings is 1. The quantitative estimate of drug-likeness (QED) is 0.833. The normalized spacial score (nSPS) is 17.0. The highest BCUT2D eigenvalue weighted by atomic mass is 32.2. The third-order valence-corrected chi connectivity index (χ3v) is 6.85. The molecule has 1 fully saturated rings. The Hall–Kier alpha value is -1.28. The fourth-order valence-corrected chi connectivity index (χ4v) is 4.95. The summed E-state index contributed by atoms with van der Waals surface area (Å²) in [6, 6.07) is 6.04. The van der Waals surface area contributed by atoms with Crippen LogP contribution >= 0.6 is 11.3 Å². The average molecular weight is 383 g/mol. The van der Waals surface area contributed by atoms with Crippen molar-refractivity contribution in [1.82, 2.24) is 9.62 Å². The maximum absolute atomic E-state index is 13.3. The summed E-state index contributed by atoms with van der Waals surface area (Å²) in [4.78, 5) is 2.54. The van der Waals surface area contributed by atoms with Crippen LogP contribution in [0.15, 0.2) is 39.9 Å². The summed E-state index contributed by atoms with van der Waals surface area (Å²) in [6.07, 6.45) is 1.96. The molecule has 2 heterocycles. The molecule has 1 aromatic heterocycles. The van der Waals surface area contributed by atoms with Crippen molar-refractivity contribution in [1.29, 1.82) is 0 Å². The van der Waals surface area contributed by atoms with E-state index in [0.717, 1.165) is 32.5 Å². The molecule has 0 saturated carbocycles. The second kappa shape index (κ2) is 7.95. The van der Waals surface area contributed by atoms with Crippen molar-refractivity contribution in [2.75, 3.05) is 19.6 Å². The molecule has 1 aromatic carbocycles. The van der Waals surface area contributed by atoms with E-state index >= 15 is 0 Å². The molecule has 0 spiro atoms. The Bertz CT molecular complexity index is 798. The van der Waals surface area contributed by atoms with E-state index in [1.807, 2.05) is 0 Å². The van der Waals surface area contributed by atoms with Gasteiger partial charge in [0.05, 0.1) is 4.90 Å². The predicted molar refractivity (Wildman–Crippen MR) is 98.6 cm³/mol. The van der Waals surface area contributed by atoms with Gasteiger partial charge in [0.1, 0.15) is 5.82 Å². The van der Waals surface area contributed by atoms with Crippen LogP contribution in [-0.2, 0) is 16.6 Å². The molecule has 0 radical (unpaired) electrons. The lowest BCUT2D eigenvalue weighted by Crippen LogP contribution is -2.38. The van der Waals surface area contributed by atoms with E-state index in [-0.39, 0.29) is 4.90 Å². The molecule has 1 aliphatic heterocycles. The van der Waals surface area contributed by atoms with Crippen LogP contribution in [0.2, 0.25) is 0 Å². The standard InChI is InChI=1S/C18H23FN2O2S2/c1-14-10-17(2-3-18(14)19)25(22,23)20-11-15-4-7-21(8-5-15)12-16-6-9-24-13-16/h2-3,6,9-10,13,15,20H,4-5,7-8,11-12H2,1H3. The molecule has 1 aliphatic rings. The largest absolute Gasteiger partial charge is 0.299 e. The van der Waals surface area contributed by atoms with Crippen molar-refractivity contribution in [3.05, 3.63) is 52.0 Å². The summed E-state index contributed by atoms with van der Waals surface area (Å²) >= 11 is 1.71. The zero-order chi connectivity index (χ0) is 17.9. The molecule has 4 nitrogen and oxygen atoms in total. The number of nitrogens with zero attached hydrogens (tertiary/aromatic N) is 1. The van der Waals surface area contributed by atoms with E-state index in [1.54, 1.807) is 18.3 Å². The van der Waals surface area contributed by atoms with Gasteiger partial charge in [-0.1, -0.05) is 0 Å². The first-order valence-electron chi connectivity index (χ1n) is 8.43. The van der Waals surface area contributed by atoms with Gasteiger partial charge in [-0.3, -0.25) is 4.90 Å². The van der Waals surface area contributed by atoms with Gasteiger partial charge in [-0.05, 0) is 84.9 Å². The minimum atomic E-state index is -3.58. The fraction of sp³-hybridized carbons (Fsp3) is 0.444. The van der Waals surface area contributed by atoms with Crippen molar-refractivity contribution in [2.45, 2.75) is 31.2 Å². The number of benzene rings is 1. The minimum Gasteiger partial charge on any atom is -0.299 e. The van der Waals surface area contributed by atoms with E-state index in [2.05, 4.69) is 26.4 Å². The Morgan fingerprint density at radius 3 is 2.68 bits per heavy atom. The lowest BCUT2D eigenvalue weighted by molar-refractivity contribution is 0.179. The third-order valence-electron chi connectivity index (χ3n) is 4.70. The number of hydrogen-bond acceptors (Lipinski definition) is 4. The lowest BCUT2D eigenvalue weighted by atomic mass is 9.97. The number of piperidine rings is 1. The number of aryl methyl sites for hydroxylation is 1. The first-order chi connectivity index (χ1) is 11.9. The maximum atomic E-state index is 13.3. The van der Waals surface area contributed by atoms with Gasteiger partial charge in [0.2, 0.25) is 10.0 Å². The number of hydrogen-bond donors (Lipinski definition) is 1. The molecule has 0 atom stereocenters. The van der Waals surface area contributed by atoms with Gasteiger partial charge >= 0.3 is 0 Å². The van der Waals surface area contributed by atoms with Crippen LogP contribution in [0.25, 0.3) is 0 Å². The highest BCUT2D eigenvalue weighted by Gasteiger charge is 2.22. The molecule has 1 saturated heterocycles. The number of halogens is 1. The maximum Gasteiger partial charge on any atom is 0.240 e. The Kier molecular flexibility index (Phi) is 5.89. The van der Waals surface area contributed by atoms with Crippen molar-refractivity contribution in [3.63, 3.8) is 0 Å². The van der Waals surface area contributed by atoms with Crippen LogP contribution < -0.4 is 4.72 Å². The second-order valence-electron chi connectivity index (χ2n) is 6.61. The zero-order valence-corrected chi connectivity index (χ0v) is 15.9. The molecule has 136 valence electrons. The Labute approximate surface area is 152 Å². The van der Waals surface area contributed by atoms with Crippen LogP contribution in [0.3, 0.4) is 0 Å². The molecular weight excluding hydrogens is 359 g/mol. The molecular formula is C18H23FN2O2S2. The molecule has 3 rings (SSSR count). The number of sulfonamides is 1.